The molecule has 1 aromatic rings. The van der Waals surface area contributed by atoms with Crippen LogP contribution in [0.25, 0.3) is 0 Å². The zero-order valence-electron chi connectivity index (χ0n) is 19.8. The van der Waals surface area contributed by atoms with Crippen LogP contribution in [0.2, 0.25) is 0 Å². The van der Waals surface area contributed by atoms with E-state index in [0.717, 1.165) is 12.0 Å². The molecule has 2 heterocycles. The Morgan fingerprint density at radius 1 is 1.24 bits per heavy atom. The van der Waals surface area contributed by atoms with Crippen LogP contribution in [0, 0.1) is 17.8 Å². The van der Waals surface area contributed by atoms with Gasteiger partial charge in [-0.05, 0) is 70.1 Å². The van der Waals surface area contributed by atoms with Gasteiger partial charge >= 0.3 is 12.1 Å². The summed E-state index contributed by atoms with van der Waals surface area (Å²) in [4.78, 5) is 31.0. The maximum Gasteiger partial charge on any atom is 0.412 e. The summed E-state index contributed by atoms with van der Waals surface area (Å²) in [7, 11) is 0. The number of amides is 1. The Balaban J connectivity index is 1.85. The molecular weight excluding hydrogens is 426 g/mol. The molecule has 1 aliphatic carbocycles. The molecule has 9 nitrogen and oxygen atoms in total. The number of ether oxygens (including phenoxy) is 2. The molecule has 2 bridgehead atoms. The molecular formula is C24H35N3O6. The van der Waals surface area contributed by atoms with Gasteiger partial charge in [0.05, 0.1) is 24.5 Å². The van der Waals surface area contributed by atoms with Crippen LogP contribution in [0.15, 0.2) is 30.0 Å². The summed E-state index contributed by atoms with van der Waals surface area (Å²) in [5, 5.41) is 22.7. The first-order chi connectivity index (χ1) is 15.7. The normalized spacial score (nSPS) is 26.1. The highest BCUT2D eigenvalue weighted by molar-refractivity contribution is 5.85. The fraction of sp³-hybridized carbons (Fsp3) is 0.625. The standard InChI is InChI=1S/C24H35N3O6/c1-5-32-21(30)11-19-18-8-9-27(22(19)16(14-29)10-15(18)13-28)20-7-6-17(12-25-20)26-23(31)33-24(2,3)4/h6-7,11-12,15-16,18,22,28-29H,5,8-10,13-14H2,1-4H3,(H,26,31)/b19-11-/t15-,16+,18-,22+/m1/s1. The van der Waals surface area contributed by atoms with Crippen LogP contribution in [-0.4, -0.2) is 65.3 Å². The van der Waals surface area contributed by atoms with Crippen molar-refractivity contribution in [3.8, 4) is 0 Å². The van der Waals surface area contributed by atoms with Gasteiger partial charge in [0.1, 0.15) is 11.4 Å². The third-order valence-electron chi connectivity index (χ3n) is 6.14. The summed E-state index contributed by atoms with van der Waals surface area (Å²) in [5.41, 5.74) is 0.783. The zero-order valence-corrected chi connectivity index (χ0v) is 19.8. The lowest BCUT2D eigenvalue weighted by Gasteiger charge is -2.52. The summed E-state index contributed by atoms with van der Waals surface area (Å²) in [6, 6.07) is 3.33. The van der Waals surface area contributed by atoms with Crippen molar-refractivity contribution in [2.24, 2.45) is 17.8 Å². The van der Waals surface area contributed by atoms with Crippen LogP contribution in [0.1, 0.15) is 40.5 Å². The Morgan fingerprint density at radius 3 is 2.55 bits per heavy atom. The van der Waals surface area contributed by atoms with Crippen molar-refractivity contribution in [2.45, 2.75) is 52.2 Å². The van der Waals surface area contributed by atoms with E-state index in [1.54, 1.807) is 40.0 Å². The van der Waals surface area contributed by atoms with Gasteiger partial charge in [-0.3, -0.25) is 5.32 Å². The SMILES string of the molecule is CCOC(=O)/C=C1\[C@@H]2[C@H](CO)C[C@H](CO)[C@H]1CCN2c1ccc(NC(=O)OC(C)(C)C)cn1. The van der Waals surface area contributed by atoms with Crippen LogP contribution < -0.4 is 10.2 Å². The largest absolute Gasteiger partial charge is 0.463 e. The van der Waals surface area contributed by atoms with Crippen molar-refractivity contribution in [2.75, 3.05) is 36.6 Å². The van der Waals surface area contributed by atoms with Crippen molar-refractivity contribution < 1.29 is 29.3 Å². The Morgan fingerprint density at radius 2 is 1.97 bits per heavy atom. The first-order valence-corrected chi connectivity index (χ1v) is 11.5. The van der Waals surface area contributed by atoms with Gasteiger partial charge in [0.15, 0.2) is 0 Å². The van der Waals surface area contributed by atoms with Gasteiger partial charge in [-0.15, -0.1) is 0 Å². The summed E-state index contributed by atoms with van der Waals surface area (Å²) < 4.78 is 10.4. The number of hydrogen-bond acceptors (Lipinski definition) is 8. The third-order valence-corrected chi connectivity index (χ3v) is 6.14. The summed E-state index contributed by atoms with van der Waals surface area (Å²) >= 11 is 0. The van der Waals surface area contributed by atoms with Gasteiger partial charge in [0.2, 0.25) is 0 Å². The zero-order chi connectivity index (χ0) is 24.2. The Bertz CT molecular complexity index is 864. The average Bonchev–Trinajstić information content (AvgIpc) is 2.73. The Kier molecular flexibility index (Phi) is 7.97. The summed E-state index contributed by atoms with van der Waals surface area (Å²) in [6.07, 6.45) is 3.96. The second-order valence-electron chi connectivity index (χ2n) is 9.58. The maximum absolute atomic E-state index is 12.3. The fourth-order valence-corrected chi connectivity index (χ4v) is 4.90. The molecule has 0 spiro atoms. The minimum atomic E-state index is -0.601. The number of nitrogens with zero attached hydrogens (tertiary/aromatic N) is 2. The number of aliphatic hydroxyl groups excluding tert-OH is 2. The van der Waals surface area contributed by atoms with Gasteiger partial charge in [-0.1, -0.05) is 0 Å². The molecule has 2 aliphatic rings. The monoisotopic (exact) mass is 461 g/mol. The van der Waals surface area contributed by atoms with Crippen LogP contribution >= 0.6 is 0 Å². The summed E-state index contributed by atoms with van der Waals surface area (Å²) in [6.45, 7) is 8.04. The predicted molar refractivity (Wildman–Crippen MR) is 124 cm³/mol. The Hall–Kier alpha value is -2.65. The van der Waals surface area contributed by atoms with E-state index in [1.165, 1.54) is 6.08 Å². The molecule has 1 saturated heterocycles. The van der Waals surface area contributed by atoms with E-state index < -0.39 is 17.7 Å². The highest BCUT2D eigenvalue weighted by Gasteiger charge is 2.46. The number of pyridine rings is 1. The lowest BCUT2D eigenvalue weighted by molar-refractivity contribution is -0.137. The number of aliphatic hydroxyl groups is 2. The van der Waals surface area contributed by atoms with Crippen molar-refractivity contribution in [3.63, 3.8) is 0 Å². The molecule has 0 radical (unpaired) electrons. The second kappa shape index (κ2) is 10.5. The van der Waals surface area contributed by atoms with Gasteiger partial charge in [0.25, 0.3) is 0 Å². The molecule has 2 fully saturated rings. The fourth-order valence-electron chi connectivity index (χ4n) is 4.90. The van der Waals surface area contributed by atoms with Crippen molar-refractivity contribution in [1.29, 1.82) is 0 Å². The number of carbonyl (C=O) groups is 2. The minimum absolute atomic E-state index is 0.00501. The topological polar surface area (TPSA) is 121 Å². The van der Waals surface area contributed by atoms with E-state index in [2.05, 4.69) is 15.2 Å². The van der Waals surface area contributed by atoms with E-state index in [9.17, 15) is 19.8 Å². The van der Waals surface area contributed by atoms with E-state index in [4.69, 9.17) is 9.47 Å². The molecule has 33 heavy (non-hydrogen) atoms. The molecule has 1 aromatic heterocycles. The molecule has 0 aromatic carbocycles. The van der Waals surface area contributed by atoms with Crippen molar-refractivity contribution in [3.05, 3.63) is 30.0 Å². The lowest BCUT2D eigenvalue weighted by Crippen LogP contribution is -2.55. The first kappa shape index (κ1) is 25.0. The number of aromatic nitrogens is 1. The van der Waals surface area contributed by atoms with E-state index in [1.807, 2.05) is 6.07 Å². The minimum Gasteiger partial charge on any atom is -0.463 e. The maximum atomic E-state index is 12.3. The predicted octanol–water partition coefficient (Wildman–Crippen LogP) is 2.73. The first-order valence-electron chi connectivity index (χ1n) is 11.5. The average molecular weight is 462 g/mol. The molecule has 0 unspecified atom stereocenters. The van der Waals surface area contributed by atoms with E-state index in [0.29, 0.717) is 24.5 Å². The number of carbonyl (C=O) groups excluding carboxylic acids is 2. The molecule has 1 amide bonds. The quantitative estimate of drug-likeness (QED) is 0.437. The second-order valence-corrected chi connectivity index (χ2v) is 9.58. The molecule has 182 valence electrons. The molecule has 1 saturated carbocycles. The van der Waals surface area contributed by atoms with Crippen molar-refractivity contribution in [1.82, 2.24) is 4.98 Å². The molecule has 1 aliphatic heterocycles. The van der Waals surface area contributed by atoms with E-state index in [-0.39, 0.29) is 43.6 Å². The van der Waals surface area contributed by atoms with Crippen LogP contribution in [0.4, 0.5) is 16.3 Å². The number of esters is 1. The van der Waals surface area contributed by atoms with Crippen LogP contribution in [0.3, 0.4) is 0 Å². The van der Waals surface area contributed by atoms with E-state index >= 15 is 0 Å². The van der Waals surface area contributed by atoms with Gasteiger partial charge in [0, 0.05) is 31.8 Å². The number of hydrogen-bond donors (Lipinski definition) is 3. The third kappa shape index (κ3) is 6.03. The number of anilines is 2. The Labute approximate surface area is 194 Å². The lowest BCUT2D eigenvalue weighted by atomic mass is 9.64. The number of fused-ring (bicyclic) bond motifs is 2. The molecule has 4 atom stereocenters. The van der Waals surface area contributed by atoms with Crippen LogP contribution in [0.5, 0.6) is 0 Å². The smallest absolute Gasteiger partial charge is 0.412 e. The number of nitrogens with one attached hydrogen (secondary N) is 1. The van der Waals surface area contributed by atoms with Gasteiger partial charge in [-0.2, -0.15) is 0 Å². The molecule has 3 N–H and O–H groups in total. The van der Waals surface area contributed by atoms with Crippen molar-refractivity contribution >= 4 is 23.6 Å². The van der Waals surface area contributed by atoms with Gasteiger partial charge in [-0.25, -0.2) is 14.6 Å². The highest BCUT2D eigenvalue weighted by Crippen LogP contribution is 2.46. The molecule has 9 heteroatoms. The molecule has 3 rings (SSSR count). The highest BCUT2D eigenvalue weighted by atomic mass is 16.6. The van der Waals surface area contributed by atoms with Crippen LogP contribution in [-0.2, 0) is 14.3 Å². The number of rotatable bonds is 6. The summed E-state index contributed by atoms with van der Waals surface area (Å²) in [5.74, 6) is 0.167. The number of piperidine rings is 1. The van der Waals surface area contributed by atoms with Gasteiger partial charge < -0.3 is 24.6 Å².